The van der Waals surface area contributed by atoms with Crippen LogP contribution in [0.4, 0.5) is 11.4 Å². The number of benzene rings is 1. The first-order chi connectivity index (χ1) is 10.0. The van der Waals surface area contributed by atoms with E-state index < -0.39 is 0 Å². The van der Waals surface area contributed by atoms with Crippen molar-refractivity contribution in [2.45, 2.75) is 6.92 Å². The van der Waals surface area contributed by atoms with Crippen molar-refractivity contribution >= 4 is 28.7 Å². The molecule has 112 valence electrons. The highest BCUT2D eigenvalue weighted by atomic mass is 32.1. The normalized spacial score (nSPS) is 10.1. The van der Waals surface area contributed by atoms with Gasteiger partial charge in [-0.2, -0.15) is 5.10 Å². The number of methoxy groups -OCH3 is 2. The van der Waals surface area contributed by atoms with Gasteiger partial charge in [-0.05, 0) is 31.3 Å². The molecule has 0 aliphatic rings. The zero-order chi connectivity index (χ0) is 15.4. The lowest BCUT2D eigenvalue weighted by molar-refractivity contribution is 0.405. The number of thiocarbonyl (C=S) groups is 1. The zero-order valence-corrected chi connectivity index (χ0v) is 13.2. The average molecular weight is 306 g/mol. The summed E-state index contributed by atoms with van der Waals surface area (Å²) in [7, 11) is 5.10. The topological polar surface area (TPSA) is 60.3 Å². The largest absolute Gasteiger partial charge is 0.497 e. The van der Waals surface area contributed by atoms with E-state index in [9.17, 15) is 0 Å². The fourth-order valence-electron chi connectivity index (χ4n) is 1.81. The second-order valence-electron chi connectivity index (χ2n) is 4.41. The Balaban J connectivity index is 2.13. The fourth-order valence-corrected chi connectivity index (χ4v) is 2.03. The standard InChI is InChI=1S/C14H18N4O2S/c1-9-12(8-15-18(9)2)17-14(21)16-11-7-10(19-3)5-6-13(11)20-4/h5-8H,1-4H3,(H2,16,17,21). The molecule has 1 aromatic carbocycles. The number of hydrogen-bond donors (Lipinski definition) is 2. The highest BCUT2D eigenvalue weighted by Crippen LogP contribution is 2.29. The minimum absolute atomic E-state index is 0.456. The maximum Gasteiger partial charge on any atom is 0.175 e. The maximum atomic E-state index is 5.32. The summed E-state index contributed by atoms with van der Waals surface area (Å²) >= 11 is 5.32. The number of anilines is 2. The molecule has 7 heteroatoms. The number of nitrogens with one attached hydrogen (secondary N) is 2. The minimum Gasteiger partial charge on any atom is -0.497 e. The lowest BCUT2D eigenvalue weighted by Gasteiger charge is -2.14. The zero-order valence-electron chi connectivity index (χ0n) is 12.4. The highest BCUT2D eigenvalue weighted by Gasteiger charge is 2.09. The number of hydrogen-bond acceptors (Lipinski definition) is 4. The van der Waals surface area contributed by atoms with Gasteiger partial charge in [-0.25, -0.2) is 0 Å². The van der Waals surface area contributed by atoms with E-state index >= 15 is 0 Å². The summed E-state index contributed by atoms with van der Waals surface area (Å²) in [6, 6.07) is 5.47. The van der Waals surface area contributed by atoms with E-state index in [1.165, 1.54) is 0 Å². The lowest BCUT2D eigenvalue weighted by atomic mass is 10.2. The fraction of sp³-hybridized carbons (Fsp3) is 0.286. The van der Waals surface area contributed by atoms with Crippen molar-refractivity contribution < 1.29 is 9.47 Å². The van der Waals surface area contributed by atoms with Crippen molar-refractivity contribution in [2.24, 2.45) is 7.05 Å². The molecule has 2 aromatic rings. The van der Waals surface area contributed by atoms with Crippen LogP contribution in [0.25, 0.3) is 0 Å². The number of aromatic nitrogens is 2. The summed E-state index contributed by atoms with van der Waals surface area (Å²) in [4.78, 5) is 0. The van der Waals surface area contributed by atoms with Crippen LogP contribution in [0.15, 0.2) is 24.4 Å². The Morgan fingerprint density at radius 2 is 1.90 bits per heavy atom. The van der Waals surface area contributed by atoms with Gasteiger partial charge >= 0.3 is 0 Å². The number of rotatable bonds is 4. The summed E-state index contributed by atoms with van der Waals surface area (Å²) < 4.78 is 12.3. The van der Waals surface area contributed by atoms with Crippen LogP contribution in [0.2, 0.25) is 0 Å². The third kappa shape index (κ3) is 3.43. The SMILES string of the molecule is COc1ccc(OC)c(NC(=S)Nc2cnn(C)c2C)c1. The van der Waals surface area contributed by atoms with Crippen LogP contribution >= 0.6 is 12.2 Å². The van der Waals surface area contributed by atoms with Gasteiger partial charge < -0.3 is 20.1 Å². The third-order valence-electron chi connectivity index (χ3n) is 3.14. The third-order valence-corrected chi connectivity index (χ3v) is 3.34. The van der Waals surface area contributed by atoms with Gasteiger partial charge in [0, 0.05) is 13.1 Å². The monoisotopic (exact) mass is 306 g/mol. The van der Waals surface area contributed by atoms with E-state index in [4.69, 9.17) is 21.7 Å². The molecule has 0 atom stereocenters. The van der Waals surface area contributed by atoms with Crippen molar-refractivity contribution in [3.63, 3.8) is 0 Å². The molecule has 0 amide bonds. The van der Waals surface area contributed by atoms with Crippen LogP contribution in [-0.4, -0.2) is 29.1 Å². The molecule has 0 radical (unpaired) electrons. The van der Waals surface area contributed by atoms with Gasteiger partial charge in [-0.1, -0.05) is 0 Å². The molecule has 0 saturated heterocycles. The van der Waals surface area contributed by atoms with E-state index in [1.54, 1.807) is 25.1 Å². The molecular weight excluding hydrogens is 288 g/mol. The molecule has 0 unspecified atom stereocenters. The van der Waals surface area contributed by atoms with Crippen LogP contribution in [0.5, 0.6) is 11.5 Å². The molecule has 2 N–H and O–H groups in total. The Bertz CT molecular complexity index is 654. The molecule has 2 rings (SSSR count). The Morgan fingerprint density at radius 3 is 2.48 bits per heavy atom. The molecule has 0 aliphatic carbocycles. The highest BCUT2D eigenvalue weighted by molar-refractivity contribution is 7.80. The first kappa shape index (κ1) is 15.1. The van der Waals surface area contributed by atoms with Crippen LogP contribution in [0, 0.1) is 6.92 Å². The molecule has 0 bridgehead atoms. The van der Waals surface area contributed by atoms with E-state index in [0.29, 0.717) is 10.9 Å². The molecule has 0 fully saturated rings. The quantitative estimate of drug-likeness (QED) is 0.847. The molecule has 1 heterocycles. The van der Waals surface area contributed by atoms with Crippen LogP contribution in [0.3, 0.4) is 0 Å². The lowest BCUT2D eigenvalue weighted by Crippen LogP contribution is -2.19. The van der Waals surface area contributed by atoms with E-state index in [-0.39, 0.29) is 0 Å². The Morgan fingerprint density at radius 1 is 1.19 bits per heavy atom. The molecule has 21 heavy (non-hydrogen) atoms. The molecule has 0 spiro atoms. The maximum absolute atomic E-state index is 5.32. The van der Waals surface area contributed by atoms with Gasteiger partial charge in [0.05, 0.1) is 37.5 Å². The predicted octanol–water partition coefficient (Wildman–Crippen LogP) is 2.55. The summed E-state index contributed by atoms with van der Waals surface area (Å²) in [6.45, 7) is 1.96. The average Bonchev–Trinajstić information content (AvgIpc) is 2.79. The number of aryl methyl sites for hydroxylation is 1. The number of ether oxygens (including phenoxy) is 2. The molecule has 6 nitrogen and oxygen atoms in total. The van der Waals surface area contributed by atoms with Crippen molar-refractivity contribution in [1.29, 1.82) is 0 Å². The molecule has 0 aliphatic heterocycles. The van der Waals surface area contributed by atoms with Gasteiger partial charge in [0.1, 0.15) is 11.5 Å². The molecule has 1 aromatic heterocycles. The first-order valence-corrected chi connectivity index (χ1v) is 6.74. The first-order valence-electron chi connectivity index (χ1n) is 6.33. The summed E-state index contributed by atoms with van der Waals surface area (Å²) in [5.74, 6) is 1.40. The van der Waals surface area contributed by atoms with Crippen molar-refractivity contribution in [2.75, 3.05) is 24.9 Å². The smallest absolute Gasteiger partial charge is 0.175 e. The van der Waals surface area contributed by atoms with Crippen molar-refractivity contribution in [3.8, 4) is 11.5 Å². The van der Waals surface area contributed by atoms with E-state index in [2.05, 4.69) is 15.7 Å². The van der Waals surface area contributed by atoms with Crippen LogP contribution < -0.4 is 20.1 Å². The van der Waals surface area contributed by atoms with Gasteiger partial charge in [0.15, 0.2) is 5.11 Å². The van der Waals surface area contributed by atoms with Gasteiger partial charge in [0.25, 0.3) is 0 Å². The molecule has 0 saturated carbocycles. The van der Waals surface area contributed by atoms with E-state index in [1.807, 2.05) is 32.2 Å². The van der Waals surface area contributed by atoms with Crippen molar-refractivity contribution in [1.82, 2.24) is 9.78 Å². The second kappa shape index (κ2) is 6.45. The summed E-state index contributed by atoms with van der Waals surface area (Å²) in [5.41, 5.74) is 2.59. The van der Waals surface area contributed by atoms with Crippen LogP contribution in [0.1, 0.15) is 5.69 Å². The molecular formula is C14H18N4O2S. The van der Waals surface area contributed by atoms with Crippen LogP contribution in [-0.2, 0) is 7.05 Å². The minimum atomic E-state index is 0.456. The van der Waals surface area contributed by atoms with Gasteiger partial charge in [-0.15, -0.1) is 0 Å². The van der Waals surface area contributed by atoms with Gasteiger partial charge in [0.2, 0.25) is 0 Å². The number of nitrogens with zero attached hydrogens (tertiary/aromatic N) is 2. The summed E-state index contributed by atoms with van der Waals surface area (Å²) in [5, 5.41) is 10.8. The second-order valence-corrected chi connectivity index (χ2v) is 4.82. The Labute approximate surface area is 129 Å². The Kier molecular flexibility index (Phi) is 4.64. The van der Waals surface area contributed by atoms with Gasteiger partial charge in [-0.3, -0.25) is 4.68 Å². The van der Waals surface area contributed by atoms with Crippen molar-refractivity contribution in [3.05, 3.63) is 30.1 Å². The predicted molar refractivity (Wildman–Crippen MR) is 87.3 cm³/mol. The Hall–Kier alpha value is -2.28. The van der Waals surface area contributed by atoms with E-state index in [0.717, 1.165) is 22.8 Å². The summed E-state index contributed by atoms with van der Waals surface area (Å²) in [6.07, 6.45) is 1.73.